The molecule has 0 amide bonds. The van der Waals surface area contributed by atoms with Crippen molar-refractivity contribution in [2.45, 2.75) is 26.1 Å². The molecule has 0 saturated carbocycles. The Bertz CT molecular complexity index is 927. The van der Waals surface area contributed by atoms with Gasteiger partial charge in [-0.1, -0.05) is 12.1 Å². The molecule has 3 heterocycles. The summed E-state index contributed by atoms with van der Waals surface area (Å²) in [7, 11) is 0. The van der Waals surface area contributed by atoms with Gasteiger partial charge in [-0.25, -0.2) is 0 Å². The molecule has 25 heavy (non-hydrogen) atoms. The second kappa shape index (κ2) is 7.06. The summed E-state index contributed by atoms with van der Waals surface area (Å²) in [5.41, 5.74) is 5.92. The first kappa shape index (κ1) is 17.2. The minimum atomic E-state index is 0. The van der Waals surface area contributed by atoms with Gasteiger partial charge in [-0.3, -0.25) is 9.67 Å². The molecule has 5 nitrogen and oxygen atoms in total. The predicted molar refractivity (Wildman–Crippen MR) is 99.2 cm³/mol. The molecule has 2 aromatic heterocycles. The summed E-state index contributed by atoms with van der Waals surface area (Å²) in [6, 6.07) is 14.2. The second-order valence-corrected chi connectivity index (χ2v) is 6.06. The monoisotopic (exact) mass is 351 g/mol. The number of pyridine rings is 1. The van der Waals surface area contributed by atoms with Gasteiger partial charge in [0.1, 0.15) is 5.69 Å². The van der Waals surface area contributed by atoms with E-state index in [9.17, 15) is 5.26 Å². The summed E-state index contributed by atoms with van der Waals surface area (Å²) in [5.74, 6) is 0. The number of nitrogens with one attached hydrogen (secondary N) is 1. The Balaban J connectivity index is 0.00000182. The van der Waals surface area contributed by atoms with Crippen molar-refractivity contribution >= 4 is 12.4 Å². The van der Waals surface area contributed by atoms with Crippen molar-refractivity contribution in [1.82, 2.24) is 20.1 Å². The van der Waals surface area contributed by atoms with E-state index in [1.54, 1.807) is 12.4 Å². The number of nitriles is 1. The molecule has 4 rings (SSSR count). The molecule has 1 aliphatic heterocycles. The third kappa shape index (κ3) is 3.14. The first-order valence-corrected chi connectivity index (χ1v) is 8.00. The van der Waals surface area contributed by atoms with Gasteiger partial charge in [-0.05, 0) is 36.8 Å². The number of fused-ring (bicyclic) bond motifs is 1. The molecule has 1 atom stereocenters. The van der Waals surface area contributed by atoms with Crippen LogP contribution in [0.4, 0.5) is 0 Å². The highest BCUT2D eigenvalue weighted by atomic mass is 35.5. The van der Waals surface area contributed by atoms with Crippen LogP contribution in [0.15, 0.2) is 48.8 Å². The van der Waals surface area contributed by atoms with E-state index >= 15 is 0 Å². The van der Waals surface area contributed by atoms with E-state index in [0.717, 1.165) is 35.5 Å². The molecule has 126 valence electrons. The number of rotatable bonds is 2. The third-order valence-electron chi connectivity index (χ3n) is 4.36. The molecule has 0 spiro atoms. The molecule has 0 saturated heterocycles. The van der Waals surface area contributed by atoms with Gasteiger partial charge >= 0.3 is 0 Å². The zero-order chi connectivity index (χ0) is 16.5. The third-order valence-corrected chi connectivity index (χ3v) is 4.36. The Morgan fingerprint density at radius 3 is 2.76 bits per heavy atom. The summed E-state index contributed by atoms with van der Waals surface area (Å²) in [6.07, 6.45) is 3.60. The Morgan fingerprint density at radius 2 is 2.00 bits per heavy atom. The zero-order valence-corrected chi connectivity index (χ0v) is 14.6. The highest BCUT2D eigenvalue weighted by Gasteiger charge is 2.24. The summed E-state index contributed by atoms with van der Waals surface area (Å²) >= 11 is 0. The van der Waals surface area contributed by atoms with Crippen LogP contribution in [-0.4, -0.2) is 20.8 Å². The lowest BCUT2D eigenvalue weighted by Crippen LogP contribution is -2.36. The minimum Gasteiger partial charge on any atom is -0.307 e. The van der Waals surface area contributed by atoms with E-state index in [-0.39, 0.29) is 12.4 Å². The van der Waals surface area contributed by atoms with Crippen molar-refractivity contribution in [3.8, 4) is 28.5 Å². The van der Waals surface area contributed by atoms with Crippen LogP contribution in [0, 0.1) is 11.3 Å². The van der Waals surface area contributed by atoms with E-state index in [1.165, 1.54) is 5.69 Å². The van der Waals surface area contributed by atoms with Gasteiger partial charge in [-0.2, -0.15) is 10.4 Å². The van der Waals surface area contributed by atoms with E-state index in [1.807, 2.05) is 36.4 Å². The first-order chi connectivity index (χ1) is 11.8. The Morgan fingerprint density at radius 1 is 1.20 bits per heavy atom. The number of hydrogen-bond donors (Lipinski definition) is 1. The summed E-state index contributed by atoms with van der Waals surface area (Å²) in [6.45, 7) is 3.78. The molecule has 0 radical (unpaired) electrons. The summed E-state index contributed by atoms with van der Waals surface area (Å²) in [4.78, 5) is 4.12. The molecule has 6 heteroatoms. The fourth-order valence-corrected chi connectivity index (χ4v) is 3.18. The molecular formula is C19H18ClN5. The van der Waals surface area contributed by atoms with E-state index in [2.05, 4.69) is 28.0 Å². The SMILES string of the molecule is C[C@H]1Cn2nc(-c3cccc(C#N)c3)c(-c3ccncc3)c2CN1.Cl. The van der Waals surface area contributed by atoms with Gasteiger partial charge in [-0.15, -0.1) is 12.4 Å². The molecule has 1 N–H and O–H groups in total. The maximum atomic E-state index is 9.20. The number of halogens is 1. The van der Waals surface area contributed by atoms with Crippen molar-refractivity contribution in [3.05, 3.63) is 60.0 Å². The molecule has 3 aromatic rings. The standard InChI is InChI=1S/C19H17N5.ClH/c1-13-12-24-17(11-22-13)18(15-5-7-21-8-6-15)19(23-24)16-4-2-3-14(9-16)10-20;/h2-9,13,22H,11-12H2,1H3;1H/t13-;/m0./s1. The second-order valence-electron chi connectivity index (χ2n) is 6.06. The molecule has 1 aliphatic rings. The summed E-state index contributed by atoms with van der Waals surface area (Å²) in [5, 5.41) is 17.6. The van der Waals surface area contributed by atoms with Gasteiger partial charge < -0.3 is 5.32 Å². The van der Waals surface area contributed by atoms with Crippen LogP contribution in [0.2, 0.25) is 0 Å². The zero-order valence-electron chi connectivity index (χ0n) is 13.8. The molecule has 0 bridgehead atoms. The van der Waals surface area contributed by atoms with Gasteiger partial charge in [0.2, 0.25) is 0 Å². The number of benzene rings is 1. The molecular weight excluding hydrogens is 334 g/mol. The lowest BCUT2D eigenvalue weighted by Gasteiger charge is -2.22. The topological polar surface area (TPSA) is 66.5 Å². The quantitative estimate of drug-likeness (QED) is 0.768. The van der Waals surface area contributed by atoms with Crippen LogP contribution in [0.3, 0.4) is 0 Å². The first-order valence-electron chi connectivity index (χ1n) is 8.00. The number of aromatic nitrogens is 3. The van der Waals surface area contributed by atoms with Crippen LogP contribution in [0.5, 0.6) is 0 Å². The van der Waals surface area contributed by atoms with Gasteiger partial charge in [0.05, 0.1) is 23.9 Å². The Labute approximate surface area is 152 Å². The van der Waals surface area contributed by atoms with Crippen molar-refractivity contribution < 1.29 is 0 Å². The minimum absolute atomic E-state index is 0. The van der Waals surface area contributed by atoms with Crippen molar-refractivity contribution in [2.75, 3.05) is 0 Å². The van der Waals surface area contributed by atoms with E-state index < -0.39 is 0 Å². The fourth-order valence-electron chi connectivity index (χ4n) is 3.18. The lowest BCUT2D eigenvalue weighted by molar-refractivity contribution is 0.390. The van der Waals surface area contributed by atoms with Crippen LogP contribution in [0.25, 0.3) is 22.4 Å². The van der Waals surface area contributed by atoms with E-state index in [4.69, 9.17) is 5.10 Å². The van der Waals surface area contributed by atoms with Crippen LogP contribution in [-0.2, 0) is 13.1 Å². The number of nitrogens with zero attached hydrogens (tertiary/aromatic N) is 4. The maximum absolute atomic E-state index is 9.20. The van der Waals surface area contributed by atoms with Crippen molar-refractivity contribution in [2.24, 2.45) is 0 Å². The van der Waals surface area contributed by atoms with Crippen molar-refractivity contribution in [1.29, 1.82) is 5.26 Å². The van der Waals surface area contributed by atoms with Crippen LogP contribution in [0.1, 0.15) is 18.2 Å². The number of hydrogen-bond acceptors (Lipinski definition) is 4. The van der Waals surface area contributed by atoms with Gasteiger partial charge in [0.15, 0.2) is 0 Å². The average Bonchev–Trinajstić information content (AvgIpc) is 3.01. The molecule has 0 unspecified atom stereocenters. The molecule has 0 aliphatic carbocycles. The largest absolute Gasteiger partial charge is 0.307 e. The van der Waals surface area contributed by atoms with Gasteiger partial charge in [0.25, 0.3) is 0 Å². The predicted octanol–water partition coefficient (Wildman–Crippen LogP) is 3.40. The highest BCUT2D eigenvalue weighted by molar-refractivity contribution is 5.85. The lowest BCUT2D eigenvalue weighted by atomic mass is 9.98. The normalized spacial score (nSPS) is 15.8. The Kier molecular flexibility index (Phi) is 4.84. The van der Waals surface area contributed by atoms with Crippen LogP contribution >= 0.6 is 12.4 Å². The van der Waals surface area contributed by atoms with E-state index in [0.29, 0.717) is 11.6 Å². The van der Waals surface area contributed by atoms with Crippen LogP contribution < -0.4 is 5.32 Å². The van der Waals surface area contributed by atoms with Crippen molar-refractivity contribution in [3.63, 3.8) is 0 Å². The summed E-state index contributed by atoms with van der Waals surface area (Å²) < 4.78 is 2.09. The maximum Gasteiger partial charge on any atom is 0.101 e. The smallest absolute Gasteiger partial charge is 0.101 e. The molecule has 0 fully saturated rings. The highest BCUT2D eigenvalue weighted by Crippen LogP contribution is 2.35. The Hall–Kier alpha value is -2.68. The average molecular weight is 352 g/mol. The fraction of sp³-hybridized carbons (Fsp3) is 0.211. The molecule has 1 aromatic carbocycles. The van der Waals surface area contributed by atoms with Gasteiger partial charge in [0, 0.05) is 36.1 Å².